The second-order valence-electron chi connectivity index (χ2n) is 10.3. The van der Waals surface area contributed by atoms with Gasteiger partial charge in [-0.15, -0.1) is 11.8 Å². The van der Waals surface area contributed by atoms with Gasteiger partial charge < -0.3 is 19.5 Å². The van der Waals surface area contributed by atoms with Crippen molar-refractivity contribution < 1.29 is 23.8 Å². The molecule has 1 aromatic heterocycles. The Morgan fingerprint density at radius 2 is 1.68 bits per heavy atom. The fraction of sp³-hybridized carbons (Fsp3) is 0.194. The number of rotatable bonds is 12. The van der Waals surface area contributed by atoms with Crippen molar-refractivity contribution >= 4 is 34.4 Å². The van der Waals surface area contributed by atoms with E-state index in [4.69, 9.17) is 14.2 Å². The molecule has 0 fully saturated rings. The van der Waals surface area contributed by atoms with Crippen molar-refractivity contribution in [2.24, 2.45) is 0 Å². The quantitative estimate of drug-likeness (QED) is 0.124. The van der Waals surface area contributed by atoms with Gasteiger partial charge >= 0.3 is 5.97 Å². The third kappa shape index (κ3) is 7.57. The highest BCUT2D eigenvalue weighted by atomic mass is 32.2. The Labute approximate surface area is 261 Å². The fourth-order valence-corrected chi connectivity index (χ4v) is 5.89. The highest BCUT2D eigenvalue weighted by molar-refractivity contribution is 8.00. The summed E-state index contributed by atoms with van der Waals surface area (Å²) in [6.45, 7) is 2.38. The van der Waals surface area contributed by atoms with Gasteiger partial charge in [0.2, 0.25) is 5.91 Å². The molecule has 0 spiro atoms. The first-order chi connectivity index (χ1) is 21.4. The predicted molar refractivity (Wildman–Crippen MR) is 174 cm³/mol. The molecule has 0 saturated carbocycles. The molecule has 1 N–H and O–H groups in total. The molecule has 0 saturated heterocycles. The van der Waals surface area contributed by atoms with Crippen LogP contribution in [0.25, 0.3) is 21.9 Å². The van der Waals surface area contributed by atoms with E-state index in [0.29, 0.717) is 12.4 Å². The summed E-state index contributed by atoms with van der Waals surface area (Å²) in [6, 6.07) is 29.0. The zero-order valence-corrected chi connectivity index (χ0v) is 25.7. The lowest BCUT2D eigenvalue weighted by Crippen LogP contribution is -2.43. The maximum atomic E-state index is 13.2. The van der Waals surface area contributed by atoms with E-state index in [1.165, 1.54) is 18.9 Å². The Kier molecular flexibility index (Phi) is 10.1. The average molecular weight is 607 g/mol. The lowest BCUT2D eigenvalue weighted by molar-refractivity contribution is -0.144. The van der Waals surface area contributed by atoms with Gasteiger partial charge in [0.1, 0.15) is 24.1 Å². The lowest BCUT2D eigenvalue weighted by Gasteiger charge is -2.18. The van der Waals surface area contributed by atoms with Crippen molar-refractivity contribution in [1.29, 1.82) is 0 Å². The van der Waals surface area contributed by atoms with Crippen LogP contribution in [0.5, 0.6) is 11.5 Å². The first-order valence-corrected chi connectivity index (χ1v) is 15.2. The molecular formula is C36H34N2O5S. The van der Waals surface area contributed by atoms with E-state index in [2.05, 4.69) is 22.4 Å². The summed E-state index contributed by atoms with van der Waals surface area (Å²) >= 11 is 1.40. The maximum Gasteiger partial charge on any atom is 0.328 e. The molecule has 0 radical (unpaired) electrons. The van der Waals surface area contributed by atoms with Gasteiger partial charge in [-0.3, -0.25) is 9.78 Å². The van der Waals surface area contributed by atoms with Gasteiger partial charge in [0.25, 0.3) is 0 Å². The number of benzene rings is 4. The molecule has 0 aliphatic rings. The number of nitrogens with zero attached hydrogens (tertiary/aromatic N) is 1. The molecule has 224 valence electrons. The molecule has 0 aliphatic carbocycles. The predicted octanol–water partition coefficient (Wildman–Crippen LogP) is 6.79. The Bertz CT molecular complexity index is 1760. The van der Waals surface area contributed by atoms with Gasteiger partial charge in [-0.1, -0.05) is 72.8 Å². The van der Waals surface area contributed by atoms with Crippen LogP contribution >= 0.6 is 11.8 Å². The van der Waals surface area contributed by atoms with Crippen LogP contribution in [0.1, 0.15) is 16.7 Å². The molecule has 8 heteroatoms. The second-order valence-corrected chi connectivity index (χ2v) is 11.3. The van der Waals surface area contributed by atoms with Crippen LogP contribution < -0.4 is 14.8 Å². The van der Waals surface area contributed by atoms with Crippen LogP contribution in [0.2, 0.25) is 0 Å². The van der Waals surface area contributed by atoms with Gasteiger partial charge in [0.15, 0.2) is 0 Å². The van der Waals surface area contributed by atoms with Gasteiger partial charge in [0.05, 0.1) is 26.2 Å². The Hall–Kier alpha value is -4.82. The third-order valence-electron chi connectivity index (χ3n) is 7.23. The van der Waals surface area contributed by atoms with Crippen molar-refractivity contribution in [3.63, 3.8) is 0 Å². The number of esters is 1. The van der Waals surface area contributed by atoms with Crippen LogP contribution in [-0.4, -0.2) is 42.9 Å². The summed E-state index contributed by atoms with van der Waals surface area (Å²) in [5.74, 6) is 0.699. The molecule has 1 atom stereocenters. The fourth-order valence-electron chi connectivity index (χ4n) is 4.99. The summed E-state index contributed by atoms with van der Waals surface area (Å²) in [7, 11) is 2.92. The van der Waals surface area contributed by atoms with Crippen LogP contribution in [0, 0.1) is 6.92 Å². The number of carbonyl (C=O) groups excluding carboxylic acids is 2. The Balaban J connectivity index is 1.35. The largest absolute Gasteiger partial charge is 0.496 e. The monoisotopic (exact) mass is 606 g/mol. The lowest BCUT2D eigenvalue weighted by atomic mass is 9.99. The minimum atomic E-state index is -0.834. The molecule has 7 nitrogen and oxygen atoms in total. The van der Waals surface area contributed by atoms with Crippen molar-refractivity contribution in [1.82, 2.24) is 10.3 Å². The number of fused-ring (bicyclic) bond motifs is 1. The van der Waals surface area contributed by atoms with Gasteiger partial charge in [0, 0.05) is 28.6 Å². The number of carbonyl (C=O) groups is 2. The van der Waals surface area contributed by atoms with Crippen molar-refractivity contribution in [2.75, 3.05) is 20.0 Å². The van der Waals surface area contributed by atoms with Gasteiger partial charge in [-0.25, -0.2) is 4.79 Å². The van der Waals surface area contributed by atoms with Crippen molar-refractivity contribution in [2.45, 2.75) is 30.9 Å². The van der Waals surface area contributed by atoms with Crippen LogP contribution in [0.15, 0.2) is 108 Å². The number of nitrogens with one attached hydrogen (secondary N) is 1. The molecular weight excluding hydrogens is 572 g/mol. The van der Waals surface area contributed by atoms with Crippen molar-refractivity contribution in [3.8, 4) is 22.6 Å². The highest BCUT2D eigenvalue weighted by Crippen LogP contribution is 2.38. The molecule has 0 bridgehead atoms. The van der Waals surface area contributed by atoms with E-state index in [9.17, 15) is 9.59 Å². The summed E-state index contributed by atoms with van der Waals surface area (Å²) in [4.78, 5) is 31.2. The number of aryl methyl sites for hydroxylation is 1. The normalized spacial score (nSPS) is 11.5. The van der Waals surface area contributed by atoms with E-state index in [1.54, 1.807) is 13.3 Å². The number of amides is 1. The maximum absolute atomic E-state index is 13.2. The summed E-state index contributed by atoms with van der Waals surface area (Å²) < 4.78 is 16.5. The van der Waals surface area contributed by atoms with E-state index in [-0.39, 0.29) is 18.1 Å². The molecule has 5 aromatic rings. The summed E-state index contributed by atoms with van der Waals surface area (Å²) in [5, 5.41) is 4.99. The molecule has 0 aliphatic heterocycles. The van der Waals surface area contributed by atoms with Gasteiger partial charge in [-0.05, 0) is 52.6 Å². The van der Waals surface area contributed by atoms with Crippen LogP contribution in [0.3, 0.4) is 0 Å². The number of pyridine rings is 1. The SMILES string of the molecule is COC(=O)[C@H](Cc1ccc(C)c(OC)c1)NC(=O)CSc1ccc2ccccc2c1-c1cncc(OCc2ccccc2)c1. The van der Waals surface area contributed by atoms with Crippen LogP contribution in [-0.2, 0) is 27.4 Å². The van der Waals surface area contributed by atoms with E-state index < -0.39 is 12.0 Å². The Morgan fingerprint density at radius 3 is 2.48 bits per heavy atom. The van der Waals surface area contributed by atoms with Crippen molar-refractivity contribution in [3.05, 3.63) is 120 Å². The first kappa shape index (κ1) is 30.6. The van der Waals surface area contributed by atoms with E-state index in [1.807, 2.05) is 92.0 Å². The number of aromatic nitrogens is 1. The van der Waals surface area contributed by atoms with E-state index >= 15 is 0 Å². The summed E-state index contributed by atoms with van der Waals surface area (Å²) in [6.07, 6.45) is 3.79. The molecule has 1 heterocycles. The highest BCUT2D eigenvalue weighted by Gasteiger charge is 2.23. The zero-order valence-electron chi connectivity index (χ0n) is 24.9. The standard InChI is InChI=1S/C36H34N2O5S/c1-24-13-14-26(18-32(24)41-2)17-31(36(40)42-3)38-34(39)23-44-33-16-15-27-11-7-8-12-30(27)35(33)28-19-29(21-37-20-28)43-22-25-9-5-4-6-10-25/h4-16,18-21,31H,17,22-23H2,1-3H3,(H,38,39)/t31-/m0/s1. The van der Waals surface area contributed by atoms with E-state index in [0.717, 1.165) is 49.2 Å². The molecule has 5 rings (SSSR count). The second kappa shape index (κ2) is 14.6. The molecule has 4 aromatic carbocycles. The molecule has 1 amide bonds. The molecule has 44 heavy (non-hydrogen) atoms. The third-order valence-corrected chi connectivity index (χ3v) is 8.29. The van der Waals surface area contributed by atoms with Gasteiger partial charge in [-0.2, -0.15) is 0 Å². The summed E-state index contributed by atoms with van der Waals surface area (Å²) in [5.41, 5.74) is 4.76. The number of hydrogen-bond donors (Lipinski definition) is 1. The smallest absolute Gasteiger partial charge is 0.328 e. The topological polar surface area (TPSA) is 86.8 Å². The minimum absolute atomic E-state index is 0.105. The minimum Gasteiger partial charge on any atom is -0.496 e. The first-order valence-electron chi connectivity index (χ1n) is 14.2. The number of ether oxygens (including phenoxy) is 3. The number of hydrogen-bond acceptors (Lipinski definition) is 7. The number of methoxy groups -OCH3 is 2. The average Bonchev–Trinajstić information content (AvgIpc) is 3.06. The van der Waals surface area contributed by atoms with Crippen LogP contribution in [0.4, 0.5) is 0 Å². The number of thioether (sulfide) groups is 1. The zero-order chi connectivity index (χ0) is 30.9. The Morgan fingerprint density at radius 1 is 0.886 bits per heavy atom. The molecule has 0 unspecified atom stereocenters.